The number of hydrogen-bond acceptors (Lipinski definition) is 4. The van der Waals surface area contributed by atoms with Gasteiger partial charge in [0.15, 0.2) is 0 Å². The summed E-state index contributed by atoms with van der Waals surface area (Å²) >= 11 is 7.16. The largest absolute Gasteiger partial charge is 0.398 e. The number of carbonyl (C=O) groups excluding carboxylic acids is 1. The van der Waals surface area contributed by atoms with Gasteiger partial charge in [-0.15, -0.1) is 0 Å². The molecule has 4 N–H and O–H groups in total. The zero-order valence-electron chi connectivity index (χ0n) is 9.26. The summed E-state index contributed by atoms with van der Waals surface area (Å²) in [5.41, 5.74) is 11.6. The summed E-state index contributed by atoms with van der Waals surface area (Å²) in [5, 5.41) is 1.36. The van der Waals surface area contributed by atoms with Gasteiger partial charge in [-0.2, -0.15) is 0 Å². The van der Waals surface area contributed by atoms with Crippen LogP contribution < -0.4 is 11.5 Å². The fraction of sp³-hybridized carbons (Fsp3) is 0. The summed E-state index contributed by atoms with van der Waals surface area (Å²) in [7, 11) is 0. The number of carbonyl (C=O) groups is 1. The minimum atomic E-state index is -0.543. The van der Waals surface area contributed by atoms with Crippen molar-refractivity contribution in [2.75, 3.05) is 5.73 Å². The summed E-state index contributed by atoms with van der Waals surface area (Å²) < 4.78 is 0. The van der Waals surface area contributed by atoms with Gasteiger partial charge >= 0.3 is 0 Å². The fourth-order valence-corrected chi connectivity index (χ4v) is 2.26. The lowest BCUT2D eigenvalue weighted by atomic mass is 10.2. The highest BCUT2D eigenvalue weighted by Crippen LogP contribution is 2.28. The van der Waals surface area contributed by atoms with Gasteiger partial charge in [0, 0.05) is 16.8 Å². The minimum absolute atomic E-state index is 0.314. The van der Waals surface area contributed by atoms with Crippen molar-refractivity contribution in [1.29, 1.82) is 0 Å². The van der Waals surface area contributed by atoms with Crippen LogP contribution in [0.2, 0.25) is 5.02 Å². The van der Waals surface area contributed by atoms with Gasteiger partial charge in [-0.05, 0) is 30.3 Å². The van der Waals surface area contributed by atoms with E-state index in [0.717, 1.165) is 9.92 Å². The molecule has 1 aromatic carbocycles. The number of nitrogens with two attached hydrogens (primary N) is 2. The third-order valence-electron chi connectivity index (χ3n) is 2.21. The summed E-state index contributed by atoms with van der Waals surface area (Å²) in [6, 6.07) is 8.66. The van der Waals surface area contributed by atoms with E-state index in [1.807, 2.05) is 6.07 Å². The SMILES string of the molecule is NC(=O)c1cc(Sc2ccc(Cl)cn2)ccc1N. The number of amides is 1. The molecule has 0 unspecified atom stereocenters. The van der Waals surface area contributed by atoms with E-state index < -0.39 is 5.91 Å². The Bertz CT molecular complexity index is 586. The third-order valence-corrected chi connectivity index (χ3v) is 3.38. The Hall–Kier alpha value is -1.72. The van der Waals surface area contributed by atoms with E-state index in [-0.39, 0.29) is 0 Å². The maximum atomic E-state index is 11.2. The summed E-state index contributed by atoms with van der Waals surface area (Å²) in [5.74, 6) is -0.543. The molecule has 1 aromatic heterocycles. The van der Waals surface area contributed by atoms with E-state index in [0.29, 0.717) is 16.3 Å². The van der Waals surface area contributed by atoms with Crippen LogP contribution >= 0.6 is 23.4 Å². The molecule has 1 heterocycles. The van der Waals surface area contributed by atoms with Gasteiger partial charge in [-0.25, -0.2) is 4.98 Å². The number of hydrogen-bond donors (Lipinski definition) is 2. The van der Waals surface area contributed by atoms with Crippen molar-refractivity contribution in [2.24, 2.45) is 5.73 Å². The molecule has 0 fully saturated rings. The van der Waals surface area contributed by atoms with Crippen molar-refractivity contribution in [3.8, 4) is 0 Å². The number of halogens is 1. The monoisotopic (exact) mass is 279 g/mol. The standard InChI is InChI=1S/C12H10ClN3OS/c13-7-1-4-11(16-6-7)18-8-2-3-10(14)9(5-8)12(15)17/h1-6H,14H2,(H2,15,17). The molecule has 1 amide bonds. The second kappa shape index (κ2) is 5.29. The molecule has 0 atom stereocenters. The van der Waals surface area contributed by atoms with Crippen LogP contribution in [-0.2, 0) is 0 Å². The van der Waals surface area contributed by atoms with E-state index in [2.05, 4.69) is 4.98 Å². The first kappa shape index (κ1) is 12.7. The van der Waals surface area contributed by atoms with Crippen molar-refractivity contribution < 1.29 is 4.79 Å². The van der Waals surface area contributed by atoms with Gasteiger partial charge in [0.2, 0.25) is 0 Å². The van der Waals surface area contributed by atoms with Crippen LogP contribution in [0.3, 0.4) is 0 Å². The van der Waals surface area contributed by atoms with Crippen molar-refractivity contribution in [1.82, 2.24) is 4.98 Å². The van der Waals surface area contributed by atoms with Gasteiger partial charge in [-0.3, -0.25) is 4.79 Å². The van der Waals surface area contributed by atoms with Crippen LogP contribution in [0.25, 0.3) is 0 Å². The number of anilines is 1. The molecule has 0 spiro atoms. The maximum absolute atomic E-state index is 11.2. The van der Waals surface area contributed by atoms with E-state index in [1.165, 1.54) is 11.8 Å². The molecule has 18 heavy (non-hydrogen) atoms. The lowest BCUT2D eigenvalue weighted by Gasteiger charge is -2.05. The predicted octanol–water partition coefficient (Wildman–Crippen LogP) is 2.57. The molecule has 4 nitrogen and oxygen atoms in total. The number of nitrogen functional groups attached to an aromatic ring is 1. The van der Waals surface area contributed by atoms with Crippen LogP contribution in [0.1, 0.15) is 10.4 Å². The molecular formula is C12H10ClN3OS. The first-order valence-corrected chi connectivity index (χ1v) is 6.24. The molecule has 0 saturated carbocycles. The normalized spacial score (nSPS) is 10.3. The highest BCUT2D eigenvalue weighted by Gasteiger charge is 2.08. The van der Waals surface area contributed by atoms with Crippen LogP contribution in [0, 0.1) is 0 Å². The van der Waals surface area contributed by atoms with Crippen molar-refractivity contribution in [3.05, 3.63) is 47.1 Å². The lowest BCUT2D eigenvalue weighted by Crippen LogP contribution is -2.13. The van der Waals surface area contributed by atoms with Gasteiger partial charge in [0.1, 0.15) is 5.03 Å². The highest BCUT2D eigenvalue weighted by molar-refractivity contribution is 7.99. The van der Waals surface area contributed by atoms with Crippen molar-refractivity contribution >= 4 is 35.0 Å². The smallest absolute Gasteiger partial charge is 0.250 e. The predicted molar refractivity (Wildman–Crippen MR) is 72.7 cm³/mol. The second-order valence-electron chi connectivity index (χ2n) is 3.53. The number of benzene rings is 1. The van der Waals surface area contributed by atoms with Gasteiger partial charge in [0.25, 0.3) is 5.91 Å². The number of pyridine rings is 1. The number of aromatic nitrogens is 1. The van der Waals surface area contributed by atoms with Gasteiger partial charge in [0.05, 0.1) is 10.6 Å². The Morgan fingerprint density at radius 3 is 2.67 bits per heavy atom. The summed E-state index contributed by atoms with van der Waals surface area (Å²) in [6.07, 6.45) is 1.57. The molecule has 0 aliphatic carbocycles. The highest BCUT2D eigenvalue weighted by atomic mass is 35.5. The number of nitrogens with zero attached hydrogens (tertiary/aromatic N) is 1. The van der Waals surface area contributed by atoms with Crippen LogP contribution in [0.15, 0.2) is 46.5 Å². The average Bonchev–Trinajstić information content (AvgIpc) is 2.34. The first-order valence-electron chi connectivity index (χ1n) is 5.05. The van der Waals surface area contributed by atoms with E-state index >= 15 is 0 Å². The summed E-state index contributed by atoms with van der Waals surface area (Å²) in [6.45, 7) is 0. The Kier molecular flexibility index (Phi) is 3.74. The second-order valence-corrected chi connectivity index (χ2v) is 5.06. The Morgan fingerprint density at radius 2 is 2.06 bits per heavy atom. The minimum Gasteiger partial charge on any atom is -0.398 e. The van der Waals surface area contributed by atoms with Crippen molar-refractivity contribution in [2.45, 2.75) is 9.92 Å². The number of rotatable bonds is 3. The fourth-order valence-electron chi connectivity index (χ4n) is 1.36. The molecule has 92 valence electrons. The van der Waals surface area contributed by atoms with Gasteiger partial charge in [-0.1, -0.05) is 23.4 Å². The molecular weight excluding hydrogens is 270 g/mol. The van der Waals surface area contributed by atoms with Crippen molar-refractivity contribution in [3.63, 3.8) is 0 Å². The van der Waals surface area contributed by atoms with Gasteiger partial charge < -0.3 is 11.5 Å². The maximum Gasteiger partial charge on any atom is 0.250 e. The average molecular weight is 280 g/mol. The van der Waals surface area contributed by atoms with E-state index in [9.17, 15) is 4.79 Å². The van der Waals surface area contributed by atoms with E-state index in [4.69, 9.17) is 23.1 Å². The molecule has 0 saturated heterocycles. The zero-order valence-corrected chi connectivity index (χ0v) is 10.8. The summed E-state index contributed by atoms with van der Waals surface area (Å²) in [4.78, 5) is 16.2. The molecule has 2 aromatic rings. The zero-order chi connectivity index (χ0) is 13.1. The van der Waals surface area contributed by atoms with Crippen LogP contribution in [-0.4, -0.2) is 10.9 Å². The number of primary amides is 1. The van der Waals surface area contributed by atoms with Crippen LogP contribution in [0.5, 0.6) is 0 Å². The van der Waals surface area contributed by atoms with E-state index in [1.54, 1.807) is 30.5 Å². The van der Waals surface area contributed by atoms with Crippen LogP contribution in [0.4, 0.5) is 5.69 Å². The lowest BCUT2D eigenvalue weighted by molar-refractivity contribution is 0.100. The molecule has 2 rings (SSSR count). The Morgan fingerprint density at radius 1 is 1.28 bits per heavy atom. The molecule has 0 aliphatic rings. The quantitative estimate of drug-likeness (QED) is 0.846. The first-order chi connectivity index (χ1) is 8.56. The topological polar surface area (TPSA) is 82.0 Å². The molecule has 0 aliphatic heterocycles. The molecule has 0 radical (unpaired) electrons. The molecule has 6 heteroatoms. The Balaban J connectivity index is 2.27. The molecule has 0 bridgehead atoms. The Labute approximate surface area is 113 Å². The third kappa shape index (κ3) is 2.94.